The van der Waals surface area contributed by atoms with E-state index in [9.17, 15) is 0 Å². The number of fused-ring (bicyclic) bond motifs is 1. The molecule has 3 rings (SSSR count). The molecule has 0 aliphatic heterocycles. The lowest BCUT2D eigenvalue weighted by atomic mass is 10.0. The third-order valence-electron chi connectivity index (χ3n) is 4.59. The number of rotatable bonds is 8. The molecule has 0 amide bonds. The molecule has 3 aromatic carbocycles. The predicted octanol–water partition coefficient (Wildman–Crippen LogP) is 6.58. The summed E-state index contributed by atoms with van der Waals surface area (Å²) in [6, 6.07) is 26.4. The first-order valence-corrected chi connectivity index (χ1v) is 8.93. The summed E-state index contributed by atoms with van der Waals surface area (Å²) in [6.07, 6.45) is 9.13. The summed E-state index contributed by atoms with van der Waals surface area (Å²) in [5, 5.41) is 2.71. The van der Waals surface area contributed by atoms with Crippen molar-refractivity contribution in [3.05, 3.63) is 83.9 Å². The third kappa shape index (κ3) is 4.96. The highest BCUT2D eigenvalue weighted by Crippen LogP contribution is 2.17. The van der Waals surface area contributed by atoms with Gasteiger partial charge in [0.2, 0.25) is 0 Å². The fourth-order valence-corrected chi connectivity index (χ4v) is 3.23. The highest BCUT2D eigenvalue weighted by atomic mass is 14.0. The Morgan fingerprint density at radius 3 is 1.83 bits per heavy atom. The molecular weight excluding hydrogens is 276 g/mol. The standard InChI is InChI=1S/C23H26/c1(2-5-11-20-12-7-4-8-13-20)3-6-14-21-17-18-22-15-9-10-16-23(22)19-21/h4,7-10,12-13,15-19H,1-3,5-6,11,14H2. The quantitative estimate of drug-likeness (QED) is 0.412. The van der Waals surface area contributed by atoms with E-state index in [4.69, 9.17) is 0 Å². The zero-order valence-electron chi connectivity index (χ0n) is 13.9. The van der Waals surface area contributed by atoms with Gasteiger partial charge in [-0.15, -0.1) is 0 Å². The summed E-state index contributed by atoms with van der Waals surface area (Å²) in [5.74, 6) is 0. The number of hydrogen-bond acceptors (Lipinski definition) is 0. The van der Waals surface area contributed by atoms with Crippen molar-refractivity contribution in [2.75, 3.05) is 0 Å². The normalized spacial score (nSPS) is 11.0. The Bertz CT molecular complexity index is 712. The molecule has 0 aliphatic rings. The van der Waals surface area contributed by atoms with E-state index in [1.807, 2.05) is 0 Å². The van der Waals surface area contributed by atoms with Gasteiger partial charge >= 0.3 is 0 Å². The average Bonchev–Trinajstić information content (AvgIpc) is 2.61. The van der Waals surface area contributed by atoms with E-state index in [0.717, 1.165) is 0 Å². The lowest BCUT2D eigenvalue weighted by molar-refractivity contribution is 0.613. The predicted molar refractivity (Wildman–Crippen MR) is 101 cm³/mol. The number of aryl methyl sites for hydroxylation is 2. The maximum Gasteiger partial charge on any atom is -0.0181 e. The minimum Gasteiger partial charge on any atom is -0.0622 e. The number of hydrogen-bond donors (Lipinski definition) is 0. The second kappa shape index (κ2) is 8.53. The van der Waals surface area contributed by atoms with Crippen molar-refractivity contribution < 1.29 is 0 Å². The first-order valence-electron chi connectivity index (χ1n) is 8.93. The van der Waals surface area contributed by atoms with E-state index in [2.05, 4.69) is 72.8 Å². The molecule has 118 valence electrons. The smallest absolute Gasteiger partial charge is 0.0181 e. The van der Waals surface area contributed by atoms with Crippen LogP contribution in [-0.2, 0) is 12.8 Å². The van der Waals surface area contributed by atoms with Gasteiger partial charge in [-0.3, -0.25) is 0 Å². The van der Waals surface area contributed by atoms with E-state index in [1.54, 1.807) is 0 Å². The van der Waals surface area contributed by atoms with Crippen LogP contribution in [-0.4, -0.2) is 0 Å². The van der Waals surface area contributed by atoms with Crippen LogP contribution in [0.3, 0.4) is 0 Å². The van der Waals surface area contributed by atoms with Gasteiger partial charge in [0.1, 0.15) is 0 Å². The molecule has 0 saturated carbocycles. The molecule has 0 radical (unpaired) electrons. The zero-order valence-corrected chi connectivity index (χ0v) is 13.9. The van der Waals surface area contributed by atoms with E-state index in [-0.39, 0.29) is 0 Å². The van der Waals surface area contributed by atoms with Gasteiger partial charge in [0.05, 0.1) is 0 Å². The van der Waals surface area contributed by atoms with Gasteiger partial charge in [-0.25, -0.2) is 0 Å². The van der Waals surface area contributed by atoms with Gasteiger partial charge in [0, 0.05) is 0 Å². The molecule has 0 nitrogen and oxygen atoms in total. The van der Waals surface area contributed by atoms with Gasteiger partial charge in [-0.05, 0) is 47.6 Å². The van der Waals surface area contributed by atoms with Crippen LogP contribution in [0.5, 0.6) is 0 Å². The molecule has 0 aromatic heterocycles. The van der Waals surface area contributed by atoms with Crippen molar-refractivity contribution in [2.45, 2.75) is 44.9 Å². The number of unbranched alkanes of at least 4 members (excludes halogenated alkanes) is 4. The van der Waals surface area contributed by atoms with Crippen LogP contribution in [0.1, 0.15) is 43.2 Å². The summed E-state index contributed by atoms with van der Waals surface area (Å²) in [5.41, 5.74) is 2.96. The Balaban J connectivity index is 1.33. The summed E-state index contributed by atoms with van der Waals surface area (Å²) in [4.78, 5) is 0. The van der Waals surface area contributed by atoms with Crippen LogP contribution in [0.25, 0.3) is 10.8 Å². The van der Waals surface area contributed by atoms with Gasteiger partial charge in [-0.1, -0.05) is 92.1 Å². The van der Waals surface area contributed by atoms with Gasteiger partial charge in [0.15, 0.2) is 0 Å². The molecule has 0 atom stereocenters. The Kier molecular flexibility index (Phi) is 5.86. The van der Waals surface area contributed by atoms with Gasteiger partial charge in [-0.2, -0.15) is 0 Å². The molecule has 0 heterocycles. The van der Waals surface area contributed by atoms with Crippen LogP contribution in [0, 0.1) is 0 Å². The molecule has 0 bridgehead atoms. The van der Waals surface area contributed by atoms with Crippen LogP contribution in [0.15, 0.2) is 72.8 Å². The van der Waals surface area contributed by atoms with Crippen molar-refractivity contribution in [1.82, 2.24) is 0 Å². The zero-order chi connectivity index (χ0) is 15.7. The SMILES string of the molecule is c1ccc(CCCCCCCc2ccc3ccccc3c2)cc1. The van der Waals surface area contributed by atoms with Gasteiger partial charge in [0.25, 0.3) is 0 Å². The van der Waals surface area contributed by atoms with Crippen molar-refractivity contribution in [1.29, 1.82) is 0 Å². The Morgan fingerprint density at radius 2 is 1.04 bits per heavy atom. The molecule has 0 fully saturated rings. The minimum atomic E-state index is 1.21. The molecule has 0 N–H and O–H groups in total. The van der Waals surface area contributed by atoms with E-state index >= 15 is 0 Å². The number of benzene rings is 3. The highest BCUT2D eigenvalue weighted by Gasteiger charge is 1.98. The topological polar surface area (TPSA) is 0 Å². The second-order valence-electron chi connectivity index (χ2n) is 6.43. The largest absolute Gasteiger partial charge is 0.0622 e. The van der Waals surface area contributed by atoms with Crippen LogP contribution < -0.4 is 0 Å². The van der Waals surface area contributed by atoms with E-state index in [1.165, 1.54) is 66.8 Å². The fourth-order valence-electron chi connectivity index (χ4n) is 3.23. The lowest BCUT2D eigenvalue weighted by Gasteiger charge is -2.05. The molecule has 3 aromatic rings. The van der Waals surface area contributed by atoms with E-state index < -0.39 is 0 Å². The maximum atomic E-state index is 2.35. The summed E-state index contributed by atoms with van der Waals surface area (Å²) in [6.45, 7) is 0. The van der Waals surface area contributed by atoms with Crippen LogP contribution >= 0.6 is 0 Å². The van der Waals surface area contributed by atoms with Crippen molar-refractivity contribution >= 4 is 10.8 Å². The minimum absolute atomic E-state index is 1.21. The fraction of sp³-hybridized carbons (Fsp3) is 0.304. The van der Waals surface area contributed by atoms with E-state index in [0.29, 0.717) is 0 Å². The summed E-state index contributed by atoms with van der Waals surface area (Å²) < 4.78 is 0. The molecule has 0 heteroatoms. The first kappa shape index (κ1) is 15.8. The van der Waals surface area contributed by atoms with Crippen LogP contribution in [0.2, 0.25) is 0 Å². The second-order valence-corrected chi connectivity index (χ2v) is 6.43. The van der Waals surface area contributed by atoms with Crippen molar-refractivity contribution in [3.8, 4) is 0 Å². The molecule has 0 unspecified atom stereocenters. The summed E-state index contributed by atoms with van der Waals surface area (Å²) in [7, 11) is 0. The monoisotopic (exact) mass is 302 g/mol. The average molecular weight is 302 g/mol. The first-order chi connectivity index (χ1) is 11.4. The molecule has 23 heavy (non-hydrogen) atoms. The maximum absolute atomic E-state index is 2.35. The highest BCUT2D eigenvalue weighted by molar-refractivity contribution is 5.82. The van der Waals surface area contributed by atoms with Crippen LogP contribution in [0.4, 0.5) is 0 Å². The summed E-state index contributed by atoms with van der Waals surface area (Å²) >= 11 is 0. The van der Waals surface area contributed by atoms with Gasteiger partial charge < -0.3 is 0 Å². The third-order valence-corrected chi connectivity index (χ3v) is 4.59. The Labute approximate surface area is 140 Å². The van der Waals surface area contributed by atoms with Crippen molar-refractivity contribution in [2.24, 2.45) is 0 Å². The Morgan fingerprint density at radius 1 is 0.435 bits per heavy atom. The Hall–Kier alpha value is -2.08. The van der Waals surface area contributed by atoms with Crippen molar-refractivity contribution in [3.63, 3.8) is 0 Å². The molecule has 0 saturated heterocycles. The molecule has 0 aliphatic carbocycles. The lowest BCUT2D eigenvalue weighted by Crippen LogP contribution is -1.88. The molecule has 0 spiro atoms. The molecular formula is C23H26.